The molecule has 4 heteroatoms. The van der Waals surface area contributed by atoms with Gasteiger partial charge in [0.25, 0.3) is 0 Å². The second kappa shape index (κ2) is 5.63. The minimum Gasteiger partial charge on any atom is -0.343 e. The average molecular weight is 279 g/mol. The maximum absolute atomic E-state index is 6.15. The van der Waals surface area contributed by atoms with E-state index in [-0.39, 0.29) is 0 Å². The lowest BCUT2D eigenvalue weighted by atomic mass is 10.1. The van der Waals surface area contributed by atoms with Gasteiger partial charge in [0.1, 0.15) is 10.5 Å². The van der Waals surface area contributed by atoms with Crippen molar-refractivity contribution in [2.24, 2.45) is 0 Å². The number of rotatable bonds is 3. The lowest BCUT2D eigenvalue weighted by Crippen LogP contribution is -1.97. The van der Waals surface area contributed by atoms with Crippen LogP contribution in [0.25, 0.3) is 11.3 Å². The van der Waals surface area contributed by atoms with Gasteiger partial charge in [-0.25, -0.2) is 4.98 Å². The fourth-order valence-electron chi connectivity index (χ4n) is 1.78. The van der Waals surface area contributed by atoms with Crippen LogP contribution in [0.3, 0.4) is 0 Å². The molecule has 2 nitrogen and oxygen atoms in total. The second-order valence-corrected chi connectivity index (χ2v) is 5.12. The Balaban J connectivity index is 2.49. The summed E-state index contributed by atoms with van der Waals surface area (Å²) in [6, 6.07) is 7.87. The molecule has 1 N–H and O–H groups in total. The molecule has 0 aliphatic heterocycles. The first-order valence-corrected chi connectivity index (χ1v) is 6.75. The number of hydrogen-bond donors (Lipinski definition) is 1. The molecular formula is C14H15ClN2S. The third kappa shape index (κ3) is 2.98. The van der Waals surface area contributed by atoms with Gasteiger partial charge in [-0.1, -0.05) is 42.9 Å². The third-order valence-electron chi connectivity index (χ3n) is 2.76. The molecule has 18 heavy (non-hydrogen) atoms. The highest BCUT2D eigenvalue weighted by Crippen LogP contribution is 2.24. The summed E-state index contributed by atoms with van der Waals surface area (Å²) in [5.74, 6) is 0.927. The van der Waals surface area contributed by atoms with Crippen molar-refractivity contribution in [2.45, 2.75) is 26.7 Å². The summed E-state index contributed by atoms with van der Waals surface area (Å²) in [6.07, 6.45) is 1.94. The van der Waals surface area contributed by atoms with E-state index in [0.717, 1.165) is 40.5 Å². The molecule has 0 atom stereocenters. The maximum atomic E-state index is 6.15. The molecule has 1 aromatic heterocycles. The van der Waals surface area contributed by atoms with Gasteiger partial charge in [-0.15, -0.1) is 0 Å². The number of aromatic amines is 1. The normalized spacial score (nSPS) is 10.6. The minimum absolute atomic E-state index is 0.615. The number of halogens is 1. The van der Waals surface area contributed by atoms with Crippen LogP contribution >= 0.6 is 23.8 Å². The molecule has 0 saturated carbocycles. The summed E-state index contributed by atoms with van der Waals surface area (Å²) >= 11 is 11.3. The number of hydrogen-bond acceptors (Lipinski definition) is 2. The van der Waals surface area contributed by atoms with Crippen LogP contribution < -0.4 is 0 Å². The summed E-state index contributed by atoms with van der Waals surface area (Å²) in [5.41, 5.74) is 3.08. The Morgan fingerprint density at radius 2 is 2.11 bits per heavy atom. The molecule has 0 saturated heterocycles. The van der Waals surface area contributed by atoms with Crippen LogP contribution in [0.5, 0.6) is 0 Å². The first-order valence-electron chi connectivity index (χ1n) is 5.97. The van der Waals surface area contributed by atoms with Crippen LogP contribution in [0.4, 0.5) is 0 Å². The zero-order valence-corrected chi connectivity index (χ0v) is 12.0. The molecule has 2 aromatic rings. The molecule has 1 heterocycles. The van der Waals surface area contributed by atoms with Crippen LogP contribution in [0.2, 0.25) is 5.02 Å². The van der Waals surface area contributed by atoms with Crippen LogP contribution in [0.15, 0.2) is 24.3 Å². The molecule has 94 valence electrons. The zero-order chi connectivity index (χ0) is 13.1. The number of aromatic nitrogens is 2. The monoisotopic (exact) mass is 278 g/mol. The van der Waals surface area contributed by atoms with Crippen molar-refractivity contribution in [1.29, 1.82) is 0 Å². The van der Waals surface area contributed by atoms with Crippen LogP contribution in [0.1, 0.15) is 24.7 Å². The molecular weight excluding hydrogens is 264 g/mol. The highest BCUT2D eigenvalue weighted by atomic mass is 35.5. The molecule has 0 amide bonds. The molecule has 0 bridgehead atoms. The SMILES string of the molecule is CCCc1nc(=S)cc(-c2ccc(C)c(Cl)c2)[nH]1. The lowest BCUT2D eigenvalue weighted by Gasteiger charge is -2.07. The Morgan fingerprint density at radius 3 is 2.78 bits per heavy atom. The largest absolute Gasteiger partial charge is 0.343 e. The molecule has 0 radical (unpaired) electrons. The fraction of sp³-hybridized carbons (Fsp3) is 0.286. The van der Waals surface area contributed by atoms with Gasteiger partial charge in [0.15, 0.2) is 0 Å². The number of nitrogens with zero attached hydrogens (tertiary/aromatic N) is 1. The van der Waals surface area contributed by atoms with E-state index in [9.17, 15) is 0 Å². The summed E-state index contributed by atoms with van der Waals surface area (Å²) in [6.45, 7) is 4.11. The van der Waals surface area contributed by atoms with E-state index in [1.165, 1.54) is 0 Å². The van der Waals surface area contributed by atoms with Gasteiger partial charge in [0, 0.05) is 17.1 Å². The Bertz CT molecular complexity index is 619. The lowest BCUT2D eigenvalue weighted by molar-refractivity contribution is 0.833. The summed E-state index contributed by atoms with van der Waals surface area (Å²) < 4.78 is 0.615. The van der Waals surface area contributed by atoms with Gasteiger partial charge >= 0.3 is 0 Å². The average Bonchev–Trinajstić information content (AvgIpc) is 2.32. The van der Waals surface area contributed by atoms with Gasteiger partial charge in [-0.3, -0.25) is 0 Å². The fourth-order valence-corrected chi connectivity index (χ4v) is 2.19. The summed E-state index contributed by atoms with van der Waals surface area (Å²) in [5, 5.41) is 0.765. The number of aryl methyl sites for hydroxylation is 2. The smallest absolute Gasteiger partial charge is 0.130 e. The van der Waals surface area contributed by atoms with E-state index in [0.29, 0.717) is 4.64 Å². The van der Waals surface area contributed by atoms with Gasteiger partial charge in [0.2, 0.25) is 0 Å². The van der Waals surface area contributed by atoms with E-state index in [1.54, 1.807) is 0 Å². The summed E-state index contributed by atoms with van der Waals surface area (Å²) in [7, 11) is 0. The topological polar surface area (TPSA) is 28.7 Å². The van der Waals surface area contributed by atoms with Crippen LogP contribution in [-0.2, 0) is 6.42 Å². The third-order valence-corrected chi connectivity index (χ3v) is 3.38. The van der Waals surface area contributed by atoms with Gasteiger partial charge in [0.05, 0.1) is 0 Å². The van der Waals surface area contributed by atoms with E-state index < -0.39 is 0 Å². The van der Waals surface area contributed by atoms with Crippen molar-refractivity contribution < 1.29 is 0 Å². The van der Waals surface area contributed by atoms with Crippen LogP contribution in [0, 0.1) is 11.6 Å². The molecule has 0 spiro atoms. The number of benzene rings is 1. The van der Waals surface area contributed by atoms with Crippen molar-refractivity contribution >= 4 is 23.8 Å². The Kier molecular flexibility index (Phi) is 4.15. The van der Waals surface area contributed by atoms with E-state index in [4.69, 9.17) is 23.8 Å². The molecule has 0 aliphatic rings. The van der Waals surface area contributed by atoms with Crippen molar-refractivity contribution in [3.05, 3.63) is 45.3 Å². The minimum atomic E-state index is 0.615. The standard InChI is InChI=1S/C14H15ClN2S/c1-3-4-13-16-12(8-14(18)17-13)10-6-5-9(2)11(15)7-10/h5-8H,3-4H2,1-2H3,(H,16,17,18). The predicted molar refractivity (Wildman–Crippen MR) is 78.6 cm³/mol. The highest BCUT2D eigenvalue weighted by Gasteiger charge is 2.04. The van der Waals surface area contributed by atoms with E-state index in [2.05, 4.69) is 16.9 Å². The Morgan fingerprint density at radius 1 is 1.33 bits per heavy atom. The number of H-pyrrole nitrogens is 1. The molecule has 2 rings (SSSR count). The van der Waals surface area contributed by atoms with Crippen molar-refractivity contribution in [2.75, 3.05) is 0 Å². The summed E-state index contributed by atoms with van der Waals surface area (Å²) in [4.78, 5) is 7.63. The van der Waals surface area contributed by atoms with Crippen molar-refractivity contribution in [3.63, 3.8) is 0 Å². The van der Waals surface area contributed by atoms with Gasteiger partial charge in [-0.2, -0.15) is 0 Å². The second-order valence-electron chi connectivity index (χ2n) is 4.29. The highest BCUT2D eigenvalue weighted by molar-refractivity contribution is 7.71. The van der Waals surface area contributed by atoms with Gasteiger partial charge in [-0.05, 0) is 36.6 Å². The predicted octanol–water partition coefficient (Wildman–Crippen LogP) is 4.72. The van der Waals surface area contributed by atoms with Gasteiger partial charge < -0.3 is 4.98 Å². The molecule has 1 aromatic carbocycles. The van der Waals surface area contributed by atoms with Crippen molar-refractivity contribution in [3.8, 4) is 11.3 Å². The van der Waals surface area contributed by atoms with Crippen LogP contribution in [-0.4, -0.2) is 9.97 Å². The Hall–Kier alpha value is -1.19. The quantitative estimate of drug-likeness (QED) is 0.823. The molecule has 0 fully saturated rings. The maximum Gasteiger partial charge on any atom is 0.130 e. The zero-order valence-electron chi connectivity index (χ0n) is 10.5. The van der Waals surface area contributed by atoms with Crippen molar-refractivity contribution in [1.82, 2.24) is 9.97 Å². The molecule has 0 unspecified atom stereocenters. The molecule has 0 aliphatic carbocycles. The van der Waals surface area contributed by atoms with E-state index >= 15 is 0 Å². The number of nitrogens with one attached hydrogen (secondary N) is 1. The first-order chi connectivity index (χ1) is 8.60. The Labute approximate surface area is 117 Å². The van der Waals surface area contributed by atoms with E-state index in [1.807, 2.05) is 31.2 Å². The first kappa shape index (κ1) is 13.2.